The summed E-state index contributed by atoms with van der Waals surface area (Å²) in [6, 6.07) is 0. The van der Waals surface area contributed by atoms with Crippen molar-refractivity contribution >= 4 is 17.7 Å². The topological polar surface area (TPSA) is 58.6 Å². The first-order valence-electron chi connectivity index (χ1n) is 6.69. The van der Waals surface area contributed by atoms with E-state index in [1.165, 1.54) is 0 Å². The van der Waals surface area contributed by atoms with E-state index in [-0.39, 0.29) is 36.6 Å². The predicted molar refractivity (Wildman–Crippen MR) is 74.7 cm³/mol. The average Bonchev–Trinajstić information content (AvgIpc) is 2.58. The van der Waals surface area contributed by atoms with E-state index in [2.05, 4.69) is 12.2 Å². The number of aliphatic hydroxyl groups excluding tert-OH is 1. The molecule has 0 spiro atoms. The first kappa shape index (κ1) is 15.8. The lowest BCUT2D eigenvalue weighted by Gasteiger charge is -2.17. The van der Waals surface area contributed by atoms with Crippen molar-refractivity contribution in [3.05, 3.63) is 0 Å². The van der Waals surface area contributed by atoms with Gasteiger partial charge < -0.3 is 15.2 Å². The molecule has 1 fully saturated rings. The normalized spacial score (nSPS) is 31.6. The molecule has 18 heavy (non-hydrogen) atoms. The van der Waals surface area contributed by atoms with Gasteiger partial charge in [0.25, 0.3) is 0 Å². The summed E-state index contributed by atoms with van der Waals surface area (Å²) in [5.41, 5.74) is 0. The van der Waals surface area contributed by atoms with Crippen molar-refractivity contribution in [2.75, 3.05) is 24.7 Å². The molecule has 0 radical (unpaired) electrons. The van der Waals surface area contributed by atoms with Crippen LogP contribution < -0.4 is 5.32 Å². The quantitative estimate of drug-likeness (QED) is 0.687. The van der Waals surface area contributed by atoms with Crippen LogP contribution in [-0.4, -0.2) is 47.9 Å². The van der Waals surface area contributed by atoms with Gasteiger partial charge in [0.2, 0.25) is 5.91 Å². The predicted octanol–water partition coefficient (Wildman–Crippen LogP) is 1.28. The molecule has 0 saturated carbocycles. The first-order valence-corrected chi connectivity index (χ1v) is 7.85. The zero-order valence-electron chi connectivity index (χ0n) is 11.5. The Bertz CT molecular complexity index is 263. The van der Waals surface area contributed by atoms with Crippen LogP contribution in [0.3, 0.4) is 0 Å². The molecule has 0 aromatic heterocycles. The number of thioether (sulfide) groups is 1. The van der Waals surface area contributed by atoms with Crippen molar-refractivity contribution < 1.29 is 14.6 Å². The minimum Gasteiger partial charge on any atom is -0.396 e. The molecular weight excluding hydrogens is 250 g/mol. The SMILES string of the molecule is CC1OC(C)C(C(=O)NCCSCCCO)C1C. The maximum absolute atomic E-state index is 12.1. The van der Waals surface area contributed by atoms with Gasteiger partial charge in [-0.15, -0.1) is 0 Å². The molecule has 0 aromatic rings. The minimum absolute atomic E-state index is 0.0111. The molecule has 1 saturated heterocycles. The van der Waals surface area contributed by atoms with Gasteiger partial charge in [-0.25, -0.2) is 0 Å². The van der Waals surface area contributed by atoms with Crippen LogP contribution >= 0.6 is 11.8 Å². The van der Waals surface area contributed by atoms with Gasteiger partial charge in [-0.05, 0) is 31.9 Å². The molecule has 5 heteroatoms. The maximum atomic E-state index is 12.1. The van der Waals surface area contributed by atoms with Crippen LogP contribution in [0.15, 0.2) is 0 Å². The van der Waals surface area contributed by atoms with Crippen LogP contribution in [0.2, 0.25) is 0 Å². The molecule has 2 N–H and O–H groups in total. The zero-order valence-corrected chi connectivity index (χ0v) is 12.3. The summed E-state index contributed by atoms with van der Waals surface area (Å²) in [5, 5.41) is 11.6. The summed E-state index contributed by atoms with van der Waals surface area (Å²) >= 11 is 1.76. The van der Waals surface area contributed by atoms with E-state index in [0.29, 0.717) is 6.54 Å². The number of carbonyl (C=O) groups is 1. The highest BCUT2D eigenvalue weighted by Gasteiger charge is 2.41. The number of hydrogen-bond donors (Lipinski definition) is 2. The molecule has 1 heterocycles. The fourth-order valence-corrected chi connectivity index (χ4v) is 3.14. The second-order valence-electron chi connectivity index (χ2n) is 4.91. The molecule has 106 valence electrons. The monoisotopic (exact) mass is 275 g/mol. The van der Waals surface area contributed by atoms with Crippen molar-refractivity contribution in [1.29, 1.82) is 0 Å². The summed E-state index contributed by atoms with van der Waals surface area (Å²) < 4.78 is 5.67. The first-order chi connectivity index (χ1) is 8.57. The third-order valence-corrected chi connectivity index (χ3v) is 4.61. The highest BCUT2D eigenvalue weighted by molar-refractivity contribution is 7.99. The van der Waals surface area contributed by atoms with Gasteiger partial charge in [0.15, 0.2) is 0 Å². The maximum Gasteiger partial charge on any atom is 0.226 e. The van der Waals surface area contributed by atoms with Gasteiger partial charge in [0.05, 0.1) is 18.1 Å². The summed E-state index contributed by atoms with van der Waals surface area (Å²) in [7, 11) is 0. The molecule has 1 aliphatic rings. The smallest absolute Gasteiger partial charge is 0.226 e. The molecule has 0 bridgehead atoms. The fourth-order valence-electron chi connectivity index (χ4n) is 2.35. The Hall–Kier alpha value is -0.260. The third-order valence-electron chi connectivity index (χ3n) is 3.54. The molecule has 4 unspecified atom stereocenters. The molecule has 4 atom stereocenters. The Kier molecular flexibility index (Phi) is 7.04. The van der Waals surface area contributed by atoms with Crippen molar-refractivity contribution in [3.63, 3.8) is 0 Å². The van der Waals surface area contributed by atoms with Crippen LogP contribution in [0.1, 0.15) is 27.2 Å². The Morgan fingerprint density at radius 1 is 1.28 bits per heavy atom. The van der Waals surface area contributed by atoms with Gasteiger partial charge >= 0.3 is 0 Å². The number of amides is 1. The van der Waals surface area contributed by atoms with Crippen LogP contribution in [0.5, 0.6) is 0 Å². The van der Waals surface area contributed by atoms with E-state index in [0.717, 1.165) is 17.9 Å². The zero-order chi connectivity index (χ0) is 13.5. The van der Waals surface area contributed by atoms with Crippen molar-refractivity contribution in [1.82, 2.24) is 5.32 Å². The summed E-state index contributed by atoms with van der Waals surface area (Å²) in [4.78, 5) is 12.1. The second-order valence-corrected chi connectivity index (χ2v) is 6.14. The lowest BCUT2D eigenvalue weighted by molar-refractivity contribution is -0.127. The number of aliphatic hydroxyl groups is 1. The van der Waals surface area contributed by atoms with E-state index in [1.54, 1.807) is 11.8 Å². The summed E-state index contributed by atoms with van der Waals surface area (Å²) in [5.74, 6) is 2.21. The fraction of sp³-hybridized carbons (Fsp3) is 0.923. The minimum atomic E-state index is -0.0255. The van der Waals surface area contributed by atoms with Gasteiger partial charge in [-0.1, -0.05) is 6.92 Å². The molecule has 0 aromatic carbocycles. The molecular formula is C13H25NO3S. The number of ether oxygens (including phenoxy) is 1. The highest BCUT2D eigenvalue weighted by atomic mass is 32.2. The van der Waals surface area contributed by atoms with Gasteiger partial charge in [0.1, 0.15) is 0 Å². The molecule has 1 aliphatic heterocycles. The molecule has 4 nitrogen and oxygen atoms in total. The van der Waals surface area contributed by atoms with E-state index in [1.807, 2.05) is 13.8 Å². The number of hydrogen-bond acceptors (Lipinski definition) is 4. The number of carbonyl (C=O) groups excluding carboxylic acids is 1. The van der Waals surface area contributed by atoms with E-state index >= 15 is 0 Å². The van der Waals surface area contributed by atoms with Crippen molar-refractivity contribution in [2.24, 2.45) is 11.8 Å². The van der Waals surface area contributed by atoms with E-state index in [9.17, 15) is 4.79 Å². The number of rotatable bonds is 7. The van der Waals surface area contributed by atoms with Gasteiger partial charge in [-0.3, -0.25) is 4.79 Å². The summed E-state index contributed by atoms with van der Waals surface area (Å²) in [6.45, 7) is 7.01. The molecule has 0 aliphatic carbocycles. The standard InChI is InChI=1S/C13H25NO3S/c1-9-10(2)17-11(3)12(9)13(16)14-5-8-18-7-4-6-15/h9-12,15H,4-8H2,1-3H3,(H,14,16). The molecule has 1 rings (SSSR count). The largest absolute Gasteiger partial charge is 0.396 e. The van der Waals surface area contributed by atoms with E-state index in [4.69, 9.17) is 9.84 Å². The lowest BCUT2D eigenvalue weighted by atomic mass is 9.89. The second kappa shape index (κ2) is 8.02. The van der Waals surface area contributed by atoms with Crippen LogP contribution in [0, 0.1) is 11.8 Å². The Morgan fingerprint density at radius 3 is 2.56 bits per heavy atom. The Labute approximate surface area is 114 Å². The molecule has 1 amide bonds. The number of nitrogens with one attached hydrogen (secondary N) is 1. The average molecular weight is 275 g/mol. The third kappa shape index (κ3) is 4.44. The van der Waals surface area contributed by atoms with Crippen molar-refractivity contribution in [2.45, 2.75) is 39.4 Å². The van der Waals surface area contributed by atoms with Gasteiger partial charge in [-0.2, -0.15) is 11.8 Å². The lowest BCUT2D eigenvalue weighted by Crippen LogP contribution is -2.38. The van der Waals surface area contributed by atoms with Gasteiger partial charge in [0, 0.05) is 18.9 Å². The Morgan fingerprint density at radius 2 is 2.00 bits per heavy atom. The van der Waals surface area contributed by atoms with Crippen LogP contribution in [-0.2, 0) is 9.53 Å². The van der Waals surface area contributed by atoms with Crippen LogP contribution in [0.4, 0.5) is 0 Å². The van der Waals surface area contributed by atoms with E-state index < -0.39 is 0 Å². The van der Waals surface area contributed by atoms with Crippen LogP contribution in [0.25, 0.3) is 0 Å². The van der Waals surface area contributed by atoms with Crippen molar-refractivity contribution in [3.8, 4) is 0 Å². The highest BCUT2D eigenvalue weighted by Crippen LogP contribution is 2.32. The Balaban J connectivity index is 2.20. The summed E-state index contributed by atoms with van der Waals surface area (Å²) in [6.07, 6.45) is 0.993.